The third kappa shape index (κ3) is 2.80. The van der Waals surface area contributed by atoms with Crippen LogP contribution in [0.2, 0.25) is 0 Å². The van der Waals surface area contributed by atoms with Crippen molar-refractivity contribution in [1.29, 1.82) is 0 Å². The topological polar surface area (TPSA) is 13.7 Å². The molecule has 1 aromatic rings. The molecule has 1 saturated heterocycles. The average Bonchev–Trinajstić information content (AvgIpc) is 2.20. The number of morpholine rings is 1. The van der Waals surface area contributed by atoms with Crippen LogP contribution in [-0.2, 0) is 11.3 Å². The van der Waals surface area contributed by atoms with Crippen LogP contribution in [0.5, 0.6) is 0 Å². The van der Waals surface area contributed by atoms with Gasteiger partial charge < -0.3 is 9.64 Å². The first-order valence-electron chi connectivity index (χ1n) is 5.87. The van der Waals surface area contributed by atoms with Crippen LogP contribution < -0.4 is 4.90 Å². The van der Waals surface area contributed by atoms with E-state index in [0.717, 1.165) is 25.2 Å². The van der Waals surface area contributed by atoms with Crippen LogP contribution >= 0.6 is 0 Å². The summed E-state index contributed by atoms with van der Waals surface area (Å²) in [6.45, 7) is 6.83. The van der Waals surface area contributed by atoms with Gasteiger partial charge in [0.25, 0.3) is 0 Å². The normalized spacial score (nSPS) is 30.3. The highest BCUT2D eigenvalue weighted by molar-refractivity contribution is 5.15. The van der Waals surface area contributed by atoms with E-state index in [4.69, 9.17) is 4.74 Å². The van der Waals surface area contributed by atoms with Gasteiger partial charge in [0.2, 0.25) is 0 Å². The molecule has 1 N–H and O–H groups in total. The highest BCUT2D eigenvalue weighted by Crippen LogP contribution is 2.05. The summed E-state index contributed by atoms with van der Waals surface area (Å²) in [5.74, 6) is -0.0956. The highest BCUT2D eigenvalue weighted by atomic mass is 19.1. The summed E-state index contributed by atoms with van der Waals surface area (Å²) >= 11 is 0. The maximum absolute atomic E-state index is 13.5. The van der Waals surface area contributed by atoms with Gasteiger partial charge in [-0.05, 0) is 19.9 Å². The molecule has 3 heteroatoms. The Morgan fingerprint density at radius 2 is 1.88 bits per heavy atom. The van der Waals surface area contributed by atoms with Crippen LogP contribution in [0.3, 0.4) is 0 Å². The van der Waals surface area contributed by atoms with E-state index in [-0.39, 0.29) is 18.0 Å². The van der Waals surface area contributed by atoms with E-state index >= 15 is 0 Å². The molecule has 3 atom stereocenters. The molecule has 88 valence electrons. The second-order valence-electron chi connectivity index (χ2n) is 4.68. The molecule has 1 unspecified atom stereocenters. The van der Waals surface area contributed by atoms with Crippen LogP contribution in [-0.4, -0.2) is 25.3 Å². The maximum Gasteiger partial charge on any atom is 0.132 e. The van der Waals surface area contributed by atoms with Gasteiger partial charge in [0, 0.05) is 5.56 Å². The minimum absolute atomic E-state index is 0.0956. The molecule has 0 saturated carbocycles. The Morgan fingerprint density at radius 1 is 1.25 bits per heavy atom. The lowest BCUT2D eigenvalue weighted by Gasteiger charge is -2.32. The molecule has 0 aromatic heterocycles. The van der Waals surface area contributed by atoms with E-state index < -0.39 is 0 Å². The van der Waals surface area contributed by atoms with Crippen LogP contribution in [0, 0.1) is 5.82 Å². The zero-order valence-corrected chi connectivity index (χ0v) is 9.87. The van der Waals surface area contributed by atoms with Crippen LogP contribution in [0.4, 0.5) is 4.39 Å². The van der Waals surface area contributed by atoms with Crippen molar-refractivity contribution < 1.29 is 14.0 Å². The second kappa shape index (κ2) is 4.93. The van der Waals surface area contributed by atoms with Gasteiger partial charge in [-0.2, -0.15) is 0 Å². The molecule has 1 heterocycles. The molecule has 2 nitrogen and oxygen atoms in total. The van der Waals surface area contributed by atoms with Gasteiger partial charge in [-0.15, -0.1) is 0 Å². The van der Waals surface area contributed by atoms with Crippen molar-refractivity contribution in [2.75, 3.05) is 13.1 Å². The zero-order chi connectivity index (χ0) is 11.5. The van der Waals surface area contributed by atoms with E-state index in [9.17, 15) is 4.39 Å². The van der Waals surface area contributed by atoms with Gasteiger partial charge in [0.15, 0.2) is 0 Å². The van der Waals surface area contributed by atoms with E-state index in [1.54, 1.807) is 6.07 Å². The molecule has 0 aliphatic carbocycles. The molecular formula is C13H19FNO+. The van der Waals surface area contributed by atoms with Gasteiger partial charge in [0.05, 0.1) is 0 Å². The number of hydrogen-bond donors (Lipinski definition) is 1. The van der Waals surface area contributed by atoms with Crippen LogP contribution in [0.1, 0.15) is 19.4 Å². The van der Waals surface area contributed by atoms with E-state index in [0.29, 0.717) is 0 Å². The first-order valence-corrected chi connectivity index (χ1v) is 5.87. The van der Waals surface area contributed by atoms with Gasteiger partial charge >= 0.3 is 0 Å². The minimum Gasteiger partial charge on any atom is -0.364 e. The number of halogens is 1. The Labute approximate surface area is 96.0 Å². The van der Waals surface area contributed by atoms with Crippen molar-refractivity contribution in [2.45, 2.75) is 32.6 Å². The molecule has 16 heavy (non-hydrogen) atoms. The van der Waals surface area contributed by atoms with Crippen molar-refractivity contribution in [1.82, 2.24) is 0 Å². The summed E-state index contributed by atoms with van der Waals surface area (Å²) in [6.07, 6.45) is 0.538. The molecule has 0 radical (unpaired) electrons. The monoisotopic (exact) mass is 224 g/mol. The standard InChI is InChI=1S/C13H18FNO/c1-10-7-15(8-11(2)16-10)9-12-5-3-4-6-13(12)14/h3-6,10-11H,7-9H2,1-2H3/p+1/t10-,11+. The van der Waals surface area contributed by atoms with E-state index in [1.165, 1.54) is 11.0 Å². The van der Waals surface area contributed by atoms with Crippen molar-refractivity contribution in [3.05, 3.63) is 35.6 Å². The molecule has 0 amide bonds. The molecule has 2 rings (SSSR count). The number of benzene rings is 1. The number of rotatable bonds is 2. The highest BCUT2D eigenvalue weighted by Gasteiger charge is 2.25. The smallest absolute Gasteiger partial charge is 0.132 e. The Hall–Kier alpha value is -0.930. The largest absolute Gasteiger partial charge is 0.364 e. The molecule has 0 bridgehead atoms. The third-order valence-electron chi connectivity index (χ3n) is 3.02. The SMILES string of the molecule is C[C@@H]1C[NH+](Cc2ccccc2F)C[C@H](C)O1. The van der Waals surface area contributed by atoms with Crippen molar-refractivity contribution in [3.63, 3.8) is 0 Å². The summed E-state index contributed by atoms with van der Waals surface area (Å²) in [5.41, 5.74) is 0.804. The average molecular weight is 224 g/mol. The number of nitrogens with one attached hydrogen (secondary N) is 1. The summed E-state index contributed by atoms with van der Waals surface area (Å²) < 4.78 is 19.2. The van der Waals surface area contributed by atoms with E-state index in [1.807, 2.05) is 12.1 Å². The quantitative estimate of drug-likeness (QED) is 0.792. The summed E-state index contributed by atoms with van der Waals surface area (Å²) in [4.78, 5) is 1.40. The number of quaternary nitrogens is 1. The Morgan fingerprint density at radius 3 is 2.50 bits per heavy atom. The summed E-state index contributed by atoms with van der Waals surface area (Å²) in [6, 6.07) is 7.03. The summed E-state index contributed by atoms with van der Waals surface area (Å²) in [7, 11) is 0. The lowest BCUT2D eigenvalue weighted by molar-refractivity contribution is -0.928. The minimum atomic E-state index is -0.0956. The first kappa shape index (κ1) is 11.6. The Bertz CT molecular complexity index is 346. The van der Waals surface area contributed by atoms with Crippen LogP contribution in [0.15, 0.2) is 24.3 Å². The van der Waals surface area contributed by atoms with Gasteiger partial charge in [-0.25, -0.2) is 4.39 Å². The molecule has 1 fully saturated rings. The molecule has 1 aliphatic heterocycles. The van der Waals surface area contributed by atoms with Gasteiger partial charge in [0.1, 0.15) is 37.7 Å². The predicted octanol–water partition coefficient (Wildman–Crippen LogP) is 1.02. The molecule has 0 spiro atoms. The fourth-order valence-electron chi connectivity index (χ4n) is 2.44. The summed E-state index contributed by atoms with van der Waals surface area (Å²) in [5, 5.41) is 0. The molecule has 1 aliphatic rings. The fourth-order valence-corrected chi connectivity index (χ4v) is 2.44. The van der Waals surface area contributed by atoms with Crippen molar-refractivity contribution in [3.8, 4) is 0 Å². The molecule has 1 aromatic carbocycles. The zero-order valence-electron chi connectivity index (χ0n) is 9.87. The second-order valence-corrected chi connectivity index (χ2v) is 4.68. The first-order chi connectivity index (χ1) is 7.65. The Kier molecular flexibility index (Phi) is 3.56. The fraction of sp³-hybridized carbons (Fsp3) is 0.538. The number of ether oxygens (including phenoxy) is 1. The maximum atomic E-state index is 13.5. The van der Waals surface area contributed by atoms with Crippen LogP contribution in [0.25, 0.3) is 0 Å². The van der Waals surface area contributed by atoms with Gasteiger partial charge in [-0.3, -0.25) is 0 Å². The van der Waals surface area contributed by atoms with Crippen molar-refractivity contribution in [2.24, 2.45) is 0 Å². The van der Waals surface area contributed by atoms with E-state index in [2.05, 4.69) is 13.8 Å². The third-order valence-corrected chi connectivity index (χ3v) is 3.02. The van der Waals surface area contributed by atoms with Gasteiger partial charge in [-0.1, -0.05) is 18.2 Å². The molecular weight excluding hydrogens is 205 g/mol. The number of hydrogen-bond acceptors (Lipinski definition) is 1. The van der Waals surface area contributed by atoms with Crippen molar-refractivity contribution >= 4 is 0 Å². The Balaban J connectivity index is 2.02. The lowest BCUT2D eigenvalue weighted by atomic mass is 10.1. The lowest BCUT2D eigenvalue weighted by Crippen LogP contribution is -3.14. The predicted molar refractivity (Wildman–Crippen MR) is 60.8 cm³/mol.